The van der Waals surface area contributed by atoms with Crippen molar-refractivity contribution < 1.29 is 4.79 Å². The molecule has 0 saturated carbocycles. The third-order valence-electron chi connectivity index (χ3n) is 4.38. The fourth-order valence-electron chi connectivity index (χ4n) is 2.93. The van der Waals surface area contributed by atoms with Crippen molar-refractivity contribution in [3.63, 3.8) is 0 Å². The molecule has 1 aliphatic heterocycles. The molecule has 1 aromatic carbocycles. The number of nitrogens with one attached hydrogen (secondary N) is 1. The second-order valence-electron chi connectivity index (χ2n) is 6.47. The molecule has 0 spiro atoms. The van der Waals surface area contributed by atoms with Crippen LogP contribution in [0.5, 0.6) is 0 Å². The summed E-state index contributed by atoms with van der Waals surface area (Å²) >= 11 is 2.06. The van der Waals surface area contributed by atoms with Crippen molar-refractivity contribution in [2.24, 2.45) is 4.99 Å². The van der Waals surface area contributed by atoms with E-state index in [0.29, 0.717) is 5.25 Å². The molecular formula is C19H31IN4OS. The molecule has 5 nitrogen and oxygen atoms in total. The van der Waals surface area contributed by atoms with Gasteiger partial charge in [-0.15, -0.1) is 24.0 Å². The van der Waals surface area contributed by atoms with E-state index in [0.717, 1.165) is 48.9 Å². The summed E-state index contributed by atoms with van der Waals surface area (Å²) in [7, 11) is 5.41. The topological polar surface area (TPSA) is 47.9 Å². The first kappa shape index (κ1) is 23.1. The van der Waals surface area contributed by atoms with Gasteiger partial charge in [-0.3, -0.25) is 9.79 Å². The highest BCUT2D eigenvalue weighted by molar-refractivity contribution is 14.0. The number of guanidine groups is 1. The second-order valence-corrected chi connectivity index (χ2v) is 7.88. The van der Waals surface area contributed by atoms with E-state index in [1.54, 1.807) is 19.0 Å². The van der Waals surface area contributed by atoms with E-state index < -0.39 is 0 Å². The number of hydrogen-bond donors (Lipinski definition) is 1. The van der Waals surface area contributed by atoms with Gasteiger partial charge in [0.05, 0.1) is 0 Å². The zero-order chi connectivity index (χ0) is 18.2. The molecule has 26 heavy (non-hydrogen) atoms. The van der Waals surface area contributed by atoms with E-state index in [2.05, 4.69) is 40.0 Å². The van der Waals surface area contributed by atoms with E-state index in [1.807, 2.05) is 25.2 Å². The summed E-state index contributed by atoms with van der Waals surface area (Å²) in [6.07, 6.45) is 2.07. The Kier molecular flexibility index (Phi) is 10.4. The lowest BCUT2D eigenvalue weighted by Gasteiger charge is -2.34. The standard InChI is InChI=1S/C19H30N4OS.HI/c1-5-17-14-23(11-12-25-17)19(20-2)21-10-9-15-7-6-8-16(13-15)18(24)22(3)4;/h6-8,13,17H,5,9-12,14H2,1-4H3,(H,20,21);1H. The van der Waals surface area contributed by atoms with Gasteiger partial charge in [-0.05, 0) is 30.5 Å². The molecule has 1 aromatic rings. The molecule has 1 N–H and O–H groups in total. The first-order valence-electron chi connectivity index (χ1n) is 8.93. The Hall–Kier alpha value is -0.960. The summed E-state index contributed by atoms with van der Waals surface area (Å²) in [4.78, 5) is 20.5. The van der Waals surface area contributed by atoms with Crippen LogP contribution in [0.15, 0.2) is 29.3 Å². The minimum Gasteiger partial charge on any atom is -0.356 e. The van der Waals surface area contributed by atoms with Gasteiger partial charge in [0, 0.05) is 57.3 Å². The van der Waals surface area contributed by atoms with Gasteiger partial charge in [0.1, 0.15) is 0 Å². The molecule has 0 radical (unpaired) electrons. The van der Waals surface area contributed by atoms with Crippen molar-refractivity contribution >= 4 is 47.6 Å². The van der Waals surface area contributed by atoms with Gasteiger partial charge in [-0.2, -0.15) is 11.8 Å². The monoisotopic (exact) mass is 490 g/mol. The fraction of sp³-hybridized carbons (Fsp3) is 0.579. The number of nitrogens with zero attached hydrogens (tertiary/aromatic N) is 3. The van der Waals surface area contributed by atoms with E-state index >= 15 is 0 Å². The van der Waals surface area contributed by atoms with Crippen LogP contribution in [0, 0.1) is 0 Å². The highest BCUT2D eigenvalue weighted by Crippen LogP contribution is 2.21. The van der Waals surface area contributed by atoms with Crippen LogP contribution in [0.25, 0.3) is 0 Å². The SMILES string of the molecule is CCC1CN(C(=NC)NCCc2cccc(C(=O)N(C)C)c2)CCS1.I. The Morgan fingerprint density at radius 2 is 2.19 bits per heavy atom. The zero-order valence-corrected chi connectivity index (χ0v) is 19.3. The molecule has 1 saturated heterocycles. The van der Waals surface area contributed by atoms with E-state index in [-0.39, 0.29) is 29.9 Å². The van der Waals surface area contributed by atoms with Crippen LogP contribution < -0.4 is 5.32 Å². The van der Waals surface area contributed by atoms with Crippen LogP contribution in [0.1, 0.15) is 29.3 Å². The van der Waals surface area contributed by atoms with Crippen molar-refractivity contribution in [3.8, 4) is 0 Å². The fourth-order valence-corrected chi connectivity index (χ4v) is 4.11. The third kappa shape index (κ3) is 6.64. The number of hydrogen-bond acceptors (Lipinski definition) is 3. The van der Waals surface area contributed by atoms with Gasteiger partial charge in [-0.25, -0.2) is 0 Å². The maximum atomic E-state index is 12.1. The van der Waals surface area contributed by atoms with E-state index in [9.17, 15) is 4.79 Å². The number of benzene rings is 1. The van der Waals surface area contributed by atoms with E-state index in [1.165, 1.54) is 6.42 Å². The maximum Gasteiger partial charge on any atom is 0.253 e. The Balaban J connectivity index is 0.00000338. The minimum absolute atomic E-state index is 0. The van der Waals surface area contributed by atoms with Crippen LogP contribution in [-0.2, 0) is 6.42 Å². The third-order valence-corrected chi connectivity index (χ3v) is 5.75. The molecule has 1 amide bonds. The van der Waals surface area contributed by atoms with E-state index in [4.69, 9.17) is 0 Å². The molecule has 146 valence electrons. The lowest BCUT2D eigenvalue weighted by Crippen LogP contribution is -2.48. The van der Waals surface area contributed by atoms with Gasteiger partial charge >= 0.3 is 0 Å². The summed E-state index contributed by atoms with van der Waals surface area (Å²) in [5, 5.41) is 4.17. The predicted octanol–water partition coefficient (Wildman–Crippen LogP) is 2.95. The highest BCUT2D eigenvalue weighted by Gasteiger charge is 2.21. The molecular weight excluding hydrogens is 459 g/mol. The molecule has 1 unspecified atom stereocenters. The van der Waals surface area contributed by atoms with Gasteiger partial charge < -0.3 is 15.1 Å². The number of thioether (sulfide) groups is 1. The molecule has 2 rings (SSSR count). The maximum absolute atomic E-state index is 12.1. The van der Waals surface area contributed by atoms with Gasteiger partial charge in [0.15, 0.2) is 5.96 Å². The van der Waals surface area contributed by atoms with Gasteiger partial charge in [0.25, 0.3) is 5.91 Å². The Morgan fingerprint density at radius 1 is 1.42 bits per heavy atom. The predicted molar refractivity (Wildman–Crippen MR) is 123 cm³/mol. The quantitative estimate of drug-likeness (QED) is 0.392. The van der Waals surface area contributed by atoms with Crippen molar-refractivity contribution in [3.05, 3.63) is 35.4 Å². The highest BCUT2D eigenvalue weighted by atomic mass is 127. The smallest absolute Gasteiger partial charge is 0.253 e. The number of rotatable bonds is 5. The summed E-state index contributed by atoms with van der Waals surface area (Å²) in [6.45, 7) is 5.17. The first-order chi connectivity index (χ1) is 12.0. The first-order valence-corrected chi connectivity index (χ1v) is 9.97. The van der Waals surface area contributed by atoms with Crippen LogP contribution in [0.4, 0.5) is 0 Å². The lowest BCUT2D eigenvalue weighted by molar-refractivity contribution is 0.0827. The average Bonchev–Trinajstić information content (AvgIpc) is 2.64. The number of carbonyl (C=O) groups is 1. The van der Waals surface area contributed by atoms with Crippen molar-refractivity contribution in [2.75, 3.05) is 46.5 Å². The molecule has 0 aliphatic carbocycles. The molecule has 1 atom stereocenters. The van der Waals surface area contributed by atoms with Crippen molar-refractivity contribution in [1.29, 1.82) is 0 Å². The summed E-state index contributed by atoms with van der Waals surface area (Å²) in [5.41, 5.74) is 1.90. The van der Waals surface area contributed by atoms with Crippen molar-refractivity contribution in [2.45, 2.75) is 25.0 Å². The molecule has 1 fully saturated rings. The Morgan fingerprint density at radius 3 is 2.85 bits per heavy atom. The summed E-state index contributed by atoms with van der Waals surface area (Å²) in [6, 6.07) is 7.88. The van der Waals surface area contributed by atoms with Gasteiger partial charge in [-0.1, -0.05) is 19.1 Å². The molecule has 7 heteroatoms. The Labute approximate surface area is 179 Å². The van der Waals surface area contributed by atoms with Crippen LogP contribution in [-0.4, -0.2) is 73.4 Å². The molecule has 0 aromatic heterocycles. The largest absolute Gasteiger partial charge is 0.356 e. The average molecular weight is 490 g/mol. The van der Waals surface area contributed by atoms with Crippen LogP contribution in [0.3, 0.4) is 0 Å². The second kappa shape index (κ2) is 11.7. The number of carbonyl (C=O) groups excluding carboxylic acids is 1. The van der Waals surface area contributed by atoms with Crippen LogP contribution in [0.2, 0.25) is 0 Å². The zero-order valence-electron chi connectivity index (χ0n) is 16.2. The minimum atomic E-state index is 0. The summed E-state index contributed by atoms with van der Waals surface area (Å²) < 4.78 is 0. The van der Waals surface area contributed by atoms with Crippen molar-refractivity contribution in [1.82, 2.24) is 15.1 Å². The molecule has 1 heterocycles. The number of amides is 1. The number of halogens is 1. The number of aliphatic imine (C=N–C) groups is 1. The normalized spacial score (nSPS) is 17.5. The molecule has 0 bridgehead atoms. The Bertz CT molecular complexity index is 609. The van der Waals surface area contributed by atoms with Crippen LogP contribution >= 0.6 is 35.7 Å². The molecule has 1 aliphatic rings. The van der Waals surface area contributed by atoms with Gasteiger partial charge in [0.2, 0.25) is 0 Å². The lowest BCUT2D eigenvalue weighted by atomic mass is 10.1. The summed E-state index contributed by atoms with van der Waals surface area (Å²) in [5.74, 6) is 2.19.